The highest BCUT2D eigenvalue weighted by Gasteiger charge is 2.04. The molecule has 0 aliphatic rings. The molecule has 0 aliphatic carbocycles. The van der Waals surface area contributed by atoms with Gasteiger partial charge in [0.25, 0.3) is 0 Å². The lowest BCUT2D eigenvalue weighted by atomic mass is 10.6. The first-order valence-electron chi connectivity index (χ1n) is 3.24. The predicted molar refractivity (Wildman–Crippen MR) is 40.4 cm³/mol. The predicted octanol–water partition coefficient (Wildman–Crippen LogP) is 0.666. The Kier molecular flexibility index (Phi) is 2.65. The zero-order valence-corrected chi connectivity index (χ0v) is 6.75. The number of nitrogens with one attached hydrogen (secondary N) is 2. The first kappa shape index (κ1) is 8.54. The monoisotopic (exact) mass is 171 g/mol. The summed E-state index contributed by atoms with van der Waals surface area (Å²) in [5.41, 5.74) is 2.75. The maximum absolute atomic E-state index is 10.8. The van der Waals surface area contributed by atoms with Crippen LogP contribution >= 0.6 is 0 Å². The number of aromatic nitrogens is 1. The van der Waals surface area contributed by atoms with Crippen LogP contribution in [0, 0.1) is 6.92 Å². The zero-order valence-electron chi connectivity index (χ0n) is 6.75. The third-order valence-electron chi connectivity index (χ3n) is 1.03. The van der Waals surface area contributed by atoms with Gasteiger partial charge in [-0.3, -0.25) is 10.2 Å². The van der Waals surface area contributed by atoms with Crippen molar-refractivity contribution < 1.29 is 14.0 Å². The van der Waals surface area contributed by atoms with E-state index < -0.39 is 6.03 Å². The summed E-state index contributed by atoms with van der Waals surface area (Å²) in [4.78, 5) is 19.0. The van der Waals surface area contributed by atoms with Crippen molar-refractivity contribution >= 4 is 12.0 Å². The summed E-state index contributed by atoms with van der Waals surface area (Å²) in [6.07, 6.45) is 1.43. The van der Waals surface area contributed by atoms with Gasteiger partial charge in [0.2, 0.25) is 0 Å². The maximum atomic E-state index is 10.8. The highest BCUT2D eigenvalue weighted by atomic mass is 16.6. The summed E-state index contributed by atoms with van der Waals surface area (Å²) in [7, 11) is 1.33. The molecule has 1 aromatic heterocycles. The molecule has 66 valence electrons. The molecule has 1 rings (SSSR count). The van der Waals surface area contributed by atoms with Crippen LogP contribution in [-0.2, 0) is 4.84 Å². The second kappa shape index (κ2) is 3.72. The number of hydroxylamine groups is 1. The molecule has 0 saturated carbocycles. The Morgan fingerprint density at radius 2 is 2.50 bits per heavy atom. The molecule has 6 heteroatoms. The lowest BCUT2D eigenvalue weighted by molar-refractivity contribution is 0.114. The van der Waals surface area contributed by atoms with Crippen molar-refractivity contribution in [1.82, 2.24) is 10.5 Å². The number of carbonyl (C=O) groups is 1. The number of rotatable bonds is 2. The van der Waals surface area contributed by atoms with Crippen molar-refractivity contribution in [3.63, 3.8) is 0 Å². The summed E-state index contributed by atoms with van der Waals surface area (Å²) in [6, 6.07) is -0.388. The van der Waals surface area contributed by atoms with Crippen molar-refractivity contribution in [1.29, 1.82) is 0 Å². The fourth-order valence-corrected chi connectivity index (χ4v) is 0.627. The van der Waals surface area contributed by atoms with Crippen LogP contribution < -0.4 is 10.8 Å². The summed E-state index contributed by atoms with van der Waals surface area (Å²) in [5.74, 6) is 0. The molecule has 0 spiro atoms. The van der Waals surface area contributed by atoms with Gasteiger partial charge in [0.05, 0.1) is 12.8 Å². The van der Waals surface area contributed by atoms with Crippen LogP contribution in [0.2, 0.25) is 0 Å². The van der Waals surface area contributed by atoms with Gasteiger partial charge in [0, 0.05) is 0 Å². The molecule has 0 radical (unpaired) electrons. The van der Waals surface area contributed by atoms with E-state index in [4.69, 9.17) is 4.42 Å². The summed E-state index contributed by atoms with van der Waals surface area (Å²) in [6.45, 7) is 1.75. The quantitative estimate of drug-likeness (QED) is 0.641. The van der Waals surface area contributed by atoms with Crippen molar-refractivity contribution in [3.8, 4) is 0 Å². The molecule has 1 aromatic rings. The van der Waals surface area contributed by atoms with Crippen molar-refractivity contribution in [2.75, 3.05) is 12.4 Å². The van der Waals surface area contributed by atoms with E-state index in [2.05, 4.69) is 20.6 Å². The Morgan fingerprint density at radius 1 is 1.75 bits per heavy atom. The number of hydrogen-bond donors (Lipinski definition) is 2. The van der Waals surface area contributed by atoms with E-state index >= 15 is 0 Å². The van der Waals surface area contributed by atoms with Crippen LogP contribution in [0.5, 0.6) is 0 Å². The van der Waals surface area contributed by atoms with E-state index in [1.54, 1.807) is 6.92 Å². The molecule has 1 heterocycles. The second-order valence-electron chi connectivity index (χ2n) is 2.05. The number of hydrogen-bond acceptors (Lipinski definition) is 4. The van der Waals surface area contributed by atoms with E-state index in [9.17, 15) is 4.79 Å². The third-order valence-corrected chi connectivity index (χ3v) is 1.03. The molecule has 2 amide bonds. The van der Waals surface area contributed by atoms with Gasteiger partial charge >= 0.3 is 12.0 Å². The minimum absolute atomic E-state index is 0.141. The van der Waals surface area contributed by atoms with E-state index in [-0.39, 0.29) is 6.01 Å². The van der Waals surface area contributed by atoms with E-state index in [0.29, 0.717) is 5.69 Å². The Hall–Kier alpha value is -1.56. The topological polar surface area (TPSA) is 76.4 Å². The van der Waals surface area contributed by atoms with Gasteiger partial charge < -0.3 is 4.42 Å². The summed E-state index contributed by atoms with van der Waals surface area (Å²) in [5, 5.41) is 2.31. The molecule has 12 heavy (non-hydrogen) atoms. The number of oxazole rings is 1. The summed E-state index contributed by atoms with van der Waals surface area (Å²) >= 11 is 0. The van der Waals surface area contributed by atoms with Gasteiger partial charge in [-0.05, 0) is 6.92 Å². The number of anilines is 1. The van der Waals surface area contributed by atoms with Crippen LogP contribution in [0.25, 0.3) is 0 Å². The second-order valence-corrected chi connectivity index (χ2v) is 2.05. The first-order chi connectivity index (χ1) is 5.72. The zero-order chi connectivity index (χ0) is 8.97. The van der Waals surface area contributed by atoms with E-state index in [1.165, 1.54) is 13.4 Å². The Bertz CT molecular complexity index is 271. The number of nitrogens with zero attached hydrogens (tertiary/aromatic N) is 1. The Balaban J connectivity index is 2.46. The minimum Gasteiger partial charge on any atom is -0.432 e. The van der Waals surface area contributed by atoms with Crippen molar-refractivity contribution in [2.24, 2.45) is 0 Å². The number of carbonyl (C=O) groups excluding carboxylic acids is 1. The van der Waals surface area contributed by atoms with Gasteiger partial charge in [-0.1, -0.05) is 0 Å². The minimum atomic E-state index is -0.528. The SMILES string of the molecule is CONC(=O)Nc1nc(C)co1. The fourth-order valence-electron chi connectivity index (χ4n) is 0.627. The smallest absolute Gasteiger partial charge is 0.346 e. The number of urea groups is 1. The standard InChI is InChI=1S/C6H9N3O3/c1-4-3-12-6(7-4)8-5(10)9-11-2/h3H,1-2H3,(H2,7,8,9,10). The Morgan fingerprint density at radius 3 is 3.00 bits per heavy atom. The lowest BCUT2D eigenvalue weighted by Gasteiger charge is -1.99. The maximum Gasteiger partial charge on any atom is 0.346 e. The fraction of sp³-hybridized carbons (Fsp3) is 0.333. The average Bonchev–Trinajstić information content (AvgIpc) is 2.36. The van der Waals surface area contributed by atoms with Crippen molar-refractivity contribution in [2.45, 2.75) is 6.92 Å². The molecule has 0 atom stereocenters. The molecule has 2 N–H and O–H groups in total. The molecule has 0 unspecified atom stereocenters. The van der Waals surface area contributed by atoms with Gasteiger partial charge in [-0.25, -0.2) is 10.3 Å². The summed E-state index contributed by atoms with van der Waals surface area (Å²) < 4.78 is 4.84. The van der Waals surface area contributed by atoms with Gasteiger partial charge in [-0.15, -0.1) is 0 Å². The molecule has 0 saturated heterocycles. The van der Waals surface area contributed by atoms with Gasteiger partial charge in [-0.2, -0.15) is 4.98 Å². The van der Waals surface area contributed by atoms with Crippen LogP contribution in [0.3, 0.4) is 0 Å². The Labute approximate surface area is 68.9 Å². The van der Waals surface area contributed by atoms with Crippen LogP contribution in [0.15, 0.2) is 10.7 Å². The van der Waals surface area contributed by atoms with E-state index in [0.717, 1.165) is 0 Å². The highest BCUT2D eigenvalue weighted by molar-refractivity contribution is 5.86. The van der Waals surface area contributed by atoms with Crippen LogP contribution in [-0.4, -0.2) is 18.1 Å². The highest BCUT2D eigenvalue weighted by Crippen LogP contribution is 2.04. The third kappa shape index (κ3) is 2.24. The molecular formula is C6H9N3O3. The van der Waals surface area contributed by atoms with Crippen LogP contribution in [0.4, 0.5) is 10.8 Å². The van der Waals surface area contributed by atoms with Crippen LogP contribution in [0.1, 0.15) is 5.69 Å². The molecule has 0 bridgehead atoms. The molecule has 0 fully saturated rings. The average molecular weight is 171 g/mol. The number of amides is 2. The first-order valence-corrected chi connectivity index (χ1v) is 3.24. The van der Waals surface area contributed by atoms with Crippen molar-refractivity contribution in [3.05, 3.63) is 12.0 Å². The number of aryl methyl sites for hydroxylation is 1. The lowest BCUT2D eigenvalue weighted by Crippen LogP contribution is -2.27. The van der Waals surface area contributed by atoms with Gasteiger partial charge in [0.15, 0.2) is 0 Å². The normalized spacial score (nSPS) is 9.50. The largest absolute Gasteiger partial charge is 0.432 e. The van der Waals surface area contributed by atoms with Gasteiger partial charge in [0.1, 0.15) is 6.26 Å². The van der Waals surface area contributed by atoms with E-state index in [1.807, 2.05) is 0 Å². The molecule has 0 aliphatic heterocycles. The molecular weight excluding hydrogens is 162 g/mol. The molecule has 0 aromatic carbocycles. The molecule has 6 nitrogen and oxygen atoms in total.